The van der Waals surface area contributed by atoms with Crippen LogP contribution < -0.4 is 0 Å². The number of hydrogen-bond acceptors (Lipinski definition) is 5. The summed E-state index contributed by atoms with van der Waals surface area (Å²) in [4.78, 5) is 33.4. The Kier molecular flexibility index (Phi) is 11.0. The van der Waals surface area contributed by atoms with E-state index in [0.717, 1.165) is 25.7 Å². The molecule has 0 aromatic heterocycles. The number of benzene rings is 1. The fourth-order valence-electron chi connectivity index (χ4n) is 5.75. The summed E-state index contributed by atoms with van der Waals surface area (Å²) in [6.45, 7) is 21.7. The normalized spacial score (nSPS) is 27.5. The van der Waals surface area contributed by atoms with Crippen LogP contribution in [-0.2, 0) is 19.2 Å². The third-order valence-corrected chi connectivity index (χ3v) is 9.50. The summed E-state index contributed by atoms with van der Waals surface area (Å²) >= 11 is 0. The monoisotopic (exact) mass is 515 g/mol. The van der Waals surface area contributed by atoms with Gasteiger partial charge in [0.05, 0.1) is 29.7 Å². The van der Waals surface area contributed by atoms with Gasteiger partial charge in [-0.2, -0.15) is 5.06 Å². The highest BCUT2D eigenvalue weighted by atomic mass is 16.7. The number of ketones is 1. The molecule has 0 spiro atoms. The van der Waals surface area contributed by atoms with E-state index in [1.165, 1.54) is 5.56 Å². The van der Waals surface area contributed by atoms with Crippen LogP contribution >= 0.6 is 0 Å². The average Bonchev–Trinajstić information content (AvgIpc) is 2.88. The average molecular weight is 516 g/mol. The van der Waals surface area contributed by atoms with Crippen LogP contribution in [0.15, 0.2) is 30.3 Å². The zero-order chi connectivity index (χ0) is 28.0. The first-order chi connectivity index (χ1) is 17.3. The summed E-state index contributed by atoms with van der Waals surface area (Å²) in [6, 6.07) is 10.5. The molecule has 1 fully saturated rings. The number of ether oxygens (including phenoxy) is 1. The van der Waals surface area contributed by atoms with E-state index < -0.39 is 23.1 Å². The second-order valence-corrected chi connectivity index (χ2v) is 12.5. The summed E-state index contributed by atoms with van der Waals surface area (Å²) in [5.41, 5.74) is 0.227. The van der Waals surface area contributed by atoms with Gasteiger partial charge in [0.25, 0.3) is 0 Å². The van der Waals surface area contributed by atoms with Crippen LogP contribution in [0.25, 0.3) is 0 Å². The van der Waals surface area contributed by atoms with Crippen molar-refractivity contribution in [3.8, 4) is 0 Å². The molecular weight excluding hydrogens is 462 g/mol. The van der Waals surface area contributed by atoms with Crippen molar-refractivity contribution in [3.63, 3.8) is 0 Å². The lowest BCUT2D eigenvalue weighted by atomic mass is 9.69. The first-order valence-corrected chi connectivity index (χ1v) is 14.5. The molecule has 0 amide bonds. The molecule has 37 heavy (non-hydrogen) atoms. The number of Topliss-reactive ketones (excluding diaryl/α,β-unsaturated/α-hetero) is 1. The number of hydroxylamine groups is 2. The Morgan fingerprint density at radius 1 is 1.11 bits per heavy atom. The fourth-order valence-corrected chi connectivity index (χ4v) is 5.75. The molecular formula is C32H53NO4. The molecule has 1 aromatic carbocycles. The molecule has 0 bridgehead atoms. The number of hydrogen-bond donors (Lipinski definition) is 0. The van der Waals surface area contributed by atoms with E-state index in [1.54, 1.807) is 0 Å². The Morgan fingerprint density at radius 2 is 1.73 bits per heavy atom. The van der Waals surface area contributed by atoms with Crippen LogP contribution in [0.1, 0.15) is 119 Å². The summed E-state index contributed by atoms with van der Waals surface area (Å²) in [5.74, 6) is -0.218. The maximum atomic E-state index is 13.5. The summed E-state index contributed by atoms with van der Waals surface area (Å²) < 4.78 is 5.79. The fraction of sp³-hybridized carbons (Fsp3) is 0.750. The van der Waals surface area contributed by atoms with Crippen LogP contribution in [0.3, 0.4) is 0 Å². The molecule has 1 aliphatic rings. The number of carbonyl (C=O) groups excluding carboxylic acids is 2. The molecule has 0 radical (unpaired) electrons. The smallest absolute Gasteiger partial charge is 0.311 e. The molecule has 6 unspecified atom stereocenters. The minimum atomic E-state index is -0.447. The van der Waals surface area contributed by atoms with E-state index in [2.05, 4.69) is 84.7 Å². The van der Waals surface area contributed by atoms with Crippen molar-refractivity contribution >= 4 is 11.8 Å². The highest BCUT2D eigenvalue weighted by Gasteiger charge is 2.54. The van der Waals surface area contributed by atoms with Crippen molar-refractivity contribution in [1.82, 2.24) is 5.06 Å². The molecule has 0 saturated carbocycles. The van der Waals surface area contributed by atoms with Crippen molar-refractivity contribution in [3.05, 3.63) is 35.9 Å². The molecule has 5 nitrogen and oxygen atoms in total. The lowest BCUT2D eigenvalue weighted by molar-refractivity contribution is -0.320. The van der Waals surface area contributed by atoms with Gasteiger partial charge in [0, 0.05) is 12.3 Å². The topological polar surface area (TPSA) is 55.8 Å². The first-order valence-electron chi connectivity index (χ1n) is 14.5. The minimum absolute atomic E-state index is 0.145. The van der Waals surface area contributed by atoms with Crippen LogP contribution in [-0.4, -0.2) is 40.6 Å². The standard InChI is InChI=1S/C32H53NO4/c1-11-14-20-36-29(35)27(21-30(7,8)23(4)26-18-16-15-17-19-26)25(6)37-33-31(9,12-2)22-28(34)24(5)32(33,10)13-3/h15-19,23-25,27H,11-14,20-22H2,1-10H3. The summed E-state index contributed by atoms with van der Waals surface area (Å²) in [6.07, 6.45) is 4.10. The van der Waals surface area contributed by atoms with Crippen LogP contribution in [0.2, 0.25) is 0 Å². The van der Waals surface area contributed by atoms with E-state index in [0.29, 0.717) is 19.4 Å². The Bertz CT molecular complexity index is 884. The first kappa shape index (κ1) is 31.5. The minimum Gasteiger partial charge on any atom is -0.465 e. The van der Waals surface area contributed by atoms with Gasteiger partial charge in [-0.15, -0.1) is 0 Å². The Labute approximate surface area is 226 Å². The van der Waals surface area contributed by atoms with Gasteiger partial charge >= 0.3 is 5.97 Å². The van der Waals surface area contributed by atoms with Gasteiger partial charge in [-0.05, 0) is 63.4 Å². The maximum Gasteiger partial charge on any atom is 0.311 e. The second kappa shape index (κ2) is 12.9. The SMILES string of the molecule is CCCCOC(=O)C(CC(C)(C)C(C)c1ccccc1)C(C)ON1C(C)(CC)CC(=O)C(C)C1(C)CC. The number of unbranched alkanes of at least 4 members (excludes halogenated alkanes) is 1. The lowest BCUT2D eigenvalue weighted by Crippen LogP contribution is -2.67. The number of rotatable bonds is 13. The highest BCUT2D eigenvalue weighted by Crippen LogP contribution is 2.46. The molecule has 1 aliphatic heterocycles. The van der Waals surface area contributed by atoms with Crippen molar-refractivity contribution in [2.75, 3.05) is 6.61 Å². The number of nitrogens with zero attached hydrogens (tertiary/aromatic N) is 1. The van der Waals surface area contributed by atoms with Crippen molar-refractivity contribution < 1.29 is 19.2 Å². The van der Waals surface area contributed by atoms with Gasteiger partial charge in [-0.1, -0.05) is 85.2 Å². The summed E-state index contributed by atoms with van der Waals surface area (Å²) in [7, 11) is 0. The second-order valence-electron chi connectivity index (χ2n) is 12.5. The molecule has 1 saturated heterocycles. The molecule has 210 valence electrons. The number of carbonyl (C=O) groups is 2. The predicted octanol–water partition coefficient (Wildman–Crippen LogP) is 7.73. The van der Waals surface area contributed by atoms with Gasteiger partial charge in [-0.3, -0.25) is 14.4 Å². The van der Waals surface area contributed by atoms with Gasteiger partial charge < -0.3 is 4.74 Å². The van der Waals surface area contributed by atoms with Crippen LogP contribution in [0.4, 0.5) is 0 Å². The lowest BCUT2D eigenvalue weighted by Gasteiger charge is -2.57. The molecule has 0 N–H and O–H groups in total. The van der Waals surface area contributed by atoms with Crippen LogP contribution in [0.5, 0.6) is 0 Å². The third-order valence-electron chi connectivity index (χ3n) is 9.50. The zero-order valence-electron chi connectivity index (χ0n) is 25.2. The predicted molar refractivity (Wildman–Crippen MR) is 151 cm³/mol. The molecule has 0 aliphatic carbocycles. The molecule has 6 atom stereocenters. The number of esters is 1. The third kappa shape index (κ3) is 7.03. The van der Waals surface area contributed by atoms with Gasteiger partial charge in [0.1, 0.15) is 5.78 Å². The van der Waals surface area contributed by atoms with E-state index >= 15 is 0 Å². The molecule has 2 rings (SSSR count). The maximum absolute atomic E-state index is 13.5. The van der Waals surface area contributed by atoms with Crippen LogP contribution in [0, 0.1) is 17.3 Å². The van der Waals surface area contributed by atoms with Crippen molar-refractivity contribution in [2.45, 2.75) is 131 Å². The Hall–Kier alpha value is -1.72. The van der Waals surface area contributed by atoms with E-state index in [9.17, 15) is 9.59 Å². The van der Waals surface area contributed by atoms with Gasteiger partial charge in [0.15, 0.2) is 0 Å². The van der Waals surface area contributed by atoms with Crippen molar-refractivity contribution in [1.29, 1.82) is 0 Å². The Morgan fingerprint density at radius 3 is 2.27 bits per heavy atom. The summed E-state index contributed by atoms with van der Waals surface area (Å²) in [5, 5.41) is 2.09. The van der Waals surface area contributed by atoms with Crippen molar-refractivity contribution in [2.24, 2.45) is 17.3 Å². The largest absolute Gasteiger partial charge is 0.465 e. The van der Waals surface area contributed by atoms with E-state index in [-0.39, 0.29) is 29.0 Å². The highest BCUT2D eigenvalue weighted by molar-refractivity contribution is 5.84. The molecule has 1 heterocycles. The molecule has 1 aromatic rings. The van der Waals surface area contributed by atoms with E-state index in [4.69, 9.17) is 9.57 Å². The quantitative estimate of drug-likeness (QED) is 0.199. The van der Waals surface area contributed by atoms with Gasteiger partial charge in [0.2, 0.25) is 0 Å². The zero-order valence-corrected chi connectivity index (χ0v) is 25.2. The molecule has 5 heteroatoms. The van der Waals surface area contributed by atoms with E-state index in [1.807, 2.05) is 19.9 Å². The van der Waals surface area contributed by atoms with Gasteiger partial charge in [-0.25, -0.2) is 0 Å². The number of piperidine rings is 1. The Balaban J connectivity index is 2.39.